The molecule has 1 unspecified atom stereocenters. The predicted octanol–water partition coefficient (Wildman–Crippen LogP) is 1.90. The summed E-state index contributed by atoms with van der Waals surface area (Å²) in [7, 11) is 3.12. The van der Waals surface area contributed by atoms with Crippen LogP contribution in [0.3, 0.4) is 0 Å². The number of hydrogen-bond donors (Lipinski definition) is 1. The van der Waals surface area contributed by atoms with E-state index >= 15 is 0 Å². The average Bonchev–Trinajstić information content (AvgIpc) is 2.74. The molecule has 1 amide bonds. The molecule has 1 atom stereocenters. The summed E-state index contributed by atoms with van der Waals surface area (Å²) in [6, 6.07) is 9.14. The highest BCUT2D eigenvalue weighted by Gasteiger charge is 2.23. The van der Waals surface area contributed by atoms with Crippen LogP contribution in [-0.4, -0.2) is 62.9 Å². The molecule has 1 aliphatic rings. The molecule has 144 valence electrons. The first kappa shape index (κ1) is 19.1. The Hall–Kier alpha value is -2.64. The summed E-state index contributed by atoms with van der Waals surface area (Å²) in [4.78, 5) is 19.2. The highest BCUT2D eigenvalue weighted by atomic mass is 16.5. The van der Waals surface area contributed by atoms with Gasteiger partial charge in [-0.2, -0.15) is 0 Å². The molecule has 0 aliphatic carbocycles. The van der Waals surface area contributed by atoms with Crippen LogP contribution in [0.25, 0.3) is 0 Å². The van der Waals surface area contributed by atoms with E-state index in [0.717, 1.165) is 18.7 Å². The highest BCUT2D eigenvalue weighted by molar-refractivity contribution is 5.94. The number of methoxy groups -OCH3 is 2. The van der Waals surface area contributed by atoms with Gasteiger partial charge in [-0.25, -0.2) is 0 Å². The predicted molar refractivity (Wildman–Crippen MR) is 101 cm³/mol. The number of carbonyl (C=O) groups excluding carboxylic acids is 1. The summed E-state index contributed by atoms with van der Waals surface area (Å²) in [5, 5.41) is 3.04. The minimum Gasteiger partial charge on any atom is -0.493 e. The topological polar surface area (TPSA) is 72.9 Å². The molecule has 2 aromatic rings. The number of morpholine rings is 1. The Labute approximate surface area is 159 Å². The van der Waals surface area contributed by atoms with Crippen molar-refractivity contribution in [3.8, 4) is 11.5 Å². The first-order valence-electron chi connectivity index (χ1n) is 8.95. The van der Waals surface area contributed by atoms with Gasteiger partial charge in [-0.1, -0.05) is 6.07 Å². The van der Waals surface area contributed by atoms with Crippen LogP contribution in [0.4, 0.5) is 0 Å². The van der Waals surface area contributed by atoms with Crippen LogP contribution in [0.1, 0.15) is 22.0 Å². The quantitative estimate of drug-likeness (QED) is 0.802. The molecular formula is C20H25N3O4. The third-order valence-corrected chi connectivity index (χ3v) is 4.66. The summed E-state index contributed by atoms with van der Waals surface area (Å²) >= 11 is 0. The SMILES string of the molecule is COc1ccc(C(=O)NCC(c2cccnc2)N2CCOCC2)cc1OC. The average molecular weight is 371 g/mol. The maximum Gasteiger partial charge on any atom is 0.251 e. The molecule has 7 heteroatoms. The fourth-order valence-electron chi connectivity index (χ4n) is 3.19. The van der Waals surface area contributed by atoms with Crippen molar-refractivity contribution in [2.24, 2.45) is 0 Å². The lowest BCUT2D eigenvalue weighted by molar-refractivity contribution is 0.0161. The number of aromatic nitrogens is 1. The Balaban J connectivity index is 1.72. The van der Waals surface area contributed by atoms with Crippen molar-refractivity contribution in [3.05, 3.63) is 53.9 Å². The zero-order chi connectivity index (χ0) is 19.1. The molecule has 0 bridgehead atoms. The summed E-state index contributed by atoms with van der Waals surface area (Å²) in [5.74, 6) is 0.968. The van der Waals surface area contributed by atoms with Crippen molar-refractivity contribution in [1.29, 1.82) is 0 Å². The van der Waals surface area contributed by atoms with E-state index in [1.165, 1.54) is 0 Å². The van der Waals surface area contributed by atoms with Crippen molar-refractivity contribution in [2.45, 2.75) is 6.04 Å². The molecule has 1 fully saturated rings. The number of hydrogen-bond acceptors (Lipinski definition) is 6. The van der Waals surface area contributed by atoms with Gasteiger partial charge in [-0.15, -0.1) is 0 Å². The van der Waals surface area contributed by atoms with Crippen molar-refractivity contribution < 1.29 is 19.0 Å². The Bertz CT molecular complexity index is 748. The molecule has 7 nitrogen and oxygen atoms in total. The van der Waals surface area contributed by atoms with Crippen LogP contribution in [0.2, 0.25) is 0 Å². The van der Waals surface area contributed by atoms with Crippen LogP contribution in [0.5, 0.6) is 11.5 Å². The second-order valence-electron chi connectivity index (χ2n) is 6.23. The summed E-state index contributed by atoms with van der Waals surface area (Å²) in [6.07, 6.45) is 3.60. The normalized spacial score (nSPS) is 15.8. The molecule has 0 saturated carbocycles. The first-order valence-corrected chi connectivity index (χ1v) is 8.95. The third-order valence-electron chi connectivity index (χ3n) is 4.66. The highest BCUT2D eigenvalue weighted by Crippen LogP contribution is 2.27. The van der Waals surface area contributed by atoms with Gasteiger partial charge < -0.3 is 19.5 Å². The molecule has 0 radical (unpaired) electrons. The summed E-state index contributed by atoms with van der Waals surface area (Å²) in [6.45, 7) is 3.53. The summed E-state index contributed by atoms with van der Waals surface area (Å²) in [5.41, 5.74) is 1.60. The number of rotatable bonds is 7. The fourth-order valence-corrected chi connectivity index (χ4v) is 3.19. The van der Waals surface area contributed by atoms with Crippen molar-refractivity contribution >= 4 is 5.91 Å². The standard InChI is InChI=1S/C20H25N3O4/c1-25-18-6-5-15(12-19(18)26-2)20(24)22-14-17(16-4-3-7-21-13-16)23-8-10-27-11-9-23/h3-7,12-13,17H,8-11,14H2,1-2H3,(H,22,24). The molecule has 3 rings (SSSR count). The number of pyridine rings is 1. The van der Waals surface area contributed by atoms with Crippen molar-refractivity contribution in [2.75, 3.05) is 47.1 Å². The molecule has 1 saturated heterocycles. The molecule has 1 aliphatic heterocycles. The minimum atomic E-state index is -0.155. The smallest absolute Gasteiger partial charge is 0.251 e. The van der Waals surface area contributed by atoms with Gasteiger partial charge in [0.05, 0.1) is 33.5 Å². The molecular weight excluding hydrogens is 346 g/mol. The van der Waals surface area contributed by atoms with Crippen molar-refractivity contribution in [1.82, 2.24) is 15.2 Å². The minimum absolute atomic E-state index is 0.0479. The van der Waals surface area contributed by atoms with E-state index in [1.54, 1.807) is 38.6 Å². The zero-order valence-electron chi connectivity index (χ0n) is 15.7. The second-order valence-corrected chi connectivity index (χ2v) is 6.23. The molecule has 1 aromatic heterocycles. The second kappa shape index (κ2) is 9.34. The van der Waals surface area contributed by atoms with Gasteiger partial charge in [0.15, 0.2) is 11.5 Å². The first-order chi connectivity index (χ1) is 13.2. The van der Waals surface area contributed by atoms with Crippen LogP contribution in [0.15, 0.2) is 42.7 Å². The molecule has 2 heterocycles. The summed E-state index contributed by atoms with van der Waals surface area (Å²) < 4.78 is 16.0. The number of carbonyl (C=O) groups is 1. The van der Waals surface area contributed by atoms with Gasteiger partial charge in [-0.05, 0) is 29.8 Å². The lowest BCUT2D eigenvalue weighted by Gasteiger charge is -2.34. The van der Waals surface area contributed by atoms with Gasteiger partial charge >= 0.3 is 0 Å². The Morgan fingerprint density at radius 1 is 1.22 bits per heavy atom. The van der Waals surface area contributed by atoms with E-state index in [4.69, 9.17) is 14.2 Å². The van der Waals surface area contributed by atoms with Crippen LogP contribution in [-0.2, 0) is 4.74 Å². The van der Waals surface area contributed by atoms with Crippen LogP contribution in [0, 0.1) is 0 Å². The maximum absolute atomic E-state index is 12.7. The third kappa shape index (κ3) is 4.75. The van der Waals surface area contributed by atoms with Crippen LogP contribution >= 0.6 is 0 Å². The Kier molecular flexibility index (Phi) is 6.62. The lowest BCUT2D eigenvalue weighted by atomic mass is 10.1. The van der Waals surface area contributed by atoms with Gasteiger partial charge in [0.25, 0.3) is 5.91 Å². The van der Waals surface area contributed by atoms with Gasteiger partial charge in [0, 0.05) is 37.6 Å². The lowest BCUT2D eigenvalue weighted by Crippen LogP contribution is -2.43. The number of amides is 1. The van der Waals surface area contributed by atoms with E-state index in [9.17, 15) is 4.79 Å². The maximum atomic E-state index is 12.7. The van der Waals surface area contributed by atoms with Gasteiger partial charge in [-0.3, -0.25) is 14.7 Å². The van der Waals surface area contributed by atoms with E-state index in [1.807, 2.05) is 18.3 Å². The number of benzene rings is 1. The van der Waals surface area contributed by atoms with Crippen molar-refractivity contribution in [3.63, 3.8) is 0 Å². The molecule has 27 heavy (non-hydrogen) atoms. The van der Waals surface area contributed by atoms with Crippen LogP contribution < -0.4 is 14.8 Å². The van der Waals surface area contributed by atoms with E-state index in [-0.39, 0.29) is 11.9 Å². The fraction of sp³-hybridized carbons (Fsp3) is 0.400. The monoisotopic (exact) mass is 371 g/mol. The molecule has 1 N–H and O–H groups in total. The Morgan fingerprint density at radius 2 is 2.00 bits per heavy atom. The molecule has 1 aromatic carbocycles. The number of nitrogens with one attached hydrogen (secondary N) is 1. The van der Waals surface area contributed by atoms with E-state index < -0.39 is 0 Å². The van der Waals surface area contributed by atoms with E-state index in [0.29, 0.717) is 36.8 Å². The van der Waals surface area contributed by atoms with E-state index in [2.05, 4.69) is 15.2 Å². The Morgan fingerprint density at radius 3 is 2.67 bits per heavy atom. The molecule has 0 spiro atoms. The zero-order valence-corrected chi connectivity index (χ0v) is 15.7. The van der Waals surface area contributed by atoms with Gasteiger partial charge in [0.1, 0.15) is 0 Å². The van der Waals surface area contributed by atoms with Gasteiger partial charge in [0.2, 0.25) is 0 Å². The number of ether oxygens (including phenoxy) is 3. The number of nitrogens with zero attached hydrogens (tertiary/aromatic N) is 2. The largest absolute Gasteiger partial charge is 0.493 e.